The van der Waals surface area contributed by atoms with Crippen molar-refractivity contribution < 1.29 is 4.74 Å². The predicted octanol–water partition coefficient (Wildman–Crippen LogP) is 3.25. The van der Waals surface area contributed by atoms with Crippen LogP contribution in [0.1, 0.15) is 11.3 Å². The standard InChI is InChI=1S/C13H13ClN2O/c1-9-7-12(14)16-13(15-9)11-5-3-10(4-6-11)8-17-2/h3-7H,8H2,1-2H3. The lowest BCUT2D eigenvalue weighted by atomic mass is 10.1. The summed E-state index contributed by atoms with van der Waals surface area (Å²) in [6.45, 7) is 2.51. The average molecular weight is 249 g/mol. The Morgan fingerprint density at radius 2 is 1.88 bits per heavy atom. The zero-order valence-corrected chi connectivity index (χ0v) is 10.5. The van der Waals surface area contributed by atoms with Crippen molar-refractivity contribution in [1.82, 2.24) is 9.97 Å². The van der Waals surface area contributed by atoms with Crippen molar-refractivity contribution in [2.24, 2.45) is 0 Å². The van der Waals surface area contributed by atoms with Gasteiger partial charge in [-0.25, -0.2) is 9.97 Å². The molecule has 1 heterocycles. The van der Waals surface area contributed by atoms with Gasteiger partial charge < -0.3 is 4.74 Å². The molecule has 0 N–H and O–H groups in total. The summed E-state index contributed by atoms with van der Waals surface area (Å²) in [5, 5.41) is 0.466. The first-order chi connectivity index (χ1) is 8.19. The van der Waals surface area contributed by atoms with E-state index < -0.39 is 0 Å². The lowest BCUT2D eigenvalue weighted by molar-refractivity contribution is 0.185. The van der Waals surface area contributed by atoms with Crippen LogP contribution in [0.15, 0.2) is 30.3 Å². The lowest BCUT2D eigenvalue weighted by Crippen LogP contribution is -1.93. The van der Waals surface area contributed by atoms with Gasteiger partial charge in [0, 0.05) is 18.4 Å². The summed E-state index contributed by atoms with van der Waals surface area (Å²) in [7, 11) is 1.68. The molecule has 0 bridgehead atoms. The van der Waals surface area contributed by atoms with Gasteiger partial charge in [-0.3, -0.25) is 0 Å². The number of aryl methyl sites for hydroxylation is 1. The van der Waals surface area contributed by atoms with E-state index in [4.69, 9.17) is 16.3 Å². The van der Waals surface area contributed by atoms with E-state index in [1.165, 1.54) is 0 Å². The molecule has 1 aromatic heterocycles. The maximum absolute atomic E-state index is 5.91. The SMILES string of the molecule is COCc1ccc(-c2nc(C)cc(Cl)n2)cc1. The largest absolute Gasteiger partial charge is 0.380 e. The van der Waals surface area contributed by atoms with Crippen LogP contribution in [0.3, 0.4) is 0 Å². The van der Waals surface area contributed by atoms with Crippen LogP contribution in [-0.2, 0) is 11.3 Å². The molecule has 3 nitrogen and oxygen atoms in total. The number of hydrogen-bond acceptors (Lipinski definition) is 3. The fraction of sp³-hybridized carbons (Fsp3) is 0.231. The van der Waals surface area contributed by atoms with Crippen molar-refractivity contribution in [3.63, 3.8) is 0 Å². The van der Waals surface area contributed by atoms with Crippen molar-refractivity contribution in [2.75, 3.05) is 7.11 Å². The van der Waals surface area contributed by atoms with E-state index in [0.29, 0.717) is 17.6 Å². The zero-order chi connectivity index (χ0) is 12.3. The first kappa shape index (κ1) is 12.0. The molecule has 0 aliphatic carbocycles. The molecule has 0 atom stereocenters. The third-order valence-corrected chi connectivity index (χ3v) is 2.54. The average Bonchev–Trinajstić information content (AvgIpc) is 2.29. The molecule has 1 aromatic carbocycles. The number of ether oxygens (including phenoxy) is 1. The minimum Gasteiger partial charge on any atom is -0.380 e. The minimum absolute atomic E-state index is 0.466. The first-order valence-electron chi connectivity index (χ1n) is 5.28. The van der Waals surface area contributed by atoms with Crippen LogP contribution < -0.4 is 0 Å². The molecular formula is C13H13ClN2O. The molecule has 2 rings (SSSR count). The van der Waals surface area contributed by atoms with Crippen molar-refractivity contribution in [2.45, 2.75) is 13.5 Å². The molecule has 0 saturated carbocycles. The second-order valence-electron chi connectivity index (χ2n) is 3.79. The molecule has 17 heavy (non-hydrogen) atoms. The summed E-state index contributed by atoms with van der Waals surface area (Å²) in [4.78, 5) is 8.56. The van der Waals surface area contributed by atoms with Gasteiger partial charge in [-0.2, -0.15) is 0 Å². The van der Waals surface area contributed by atoms with Gasteiger partial charge in [-0.1, -0.05) is 35.9 Å². The topological polar surface area (TPSA) is 35.0 Å². The summed E-state index contributed by atoms with van der Waals surface area (Å²) < 4.78 is 5.06. The van der Waals surface area contributed by atoms with Gasteiger partial charge >= 0.3 is 0 Å². The molecule has 0 unspecified atom stereocenters. The van der Waals surface area contributed by atoms with Crippen LogP contribution >= 0.6 is 11.6 Å². The maximum atomic E-state index is 5.91. The molecule has 0 amide bonds. The van der Waals surface area contributed by atoms with Gasteiger partial charge in [-0.15, -0.1) is 0 Å². The Bertz CT molecular complexity index is 491. The Balaban J connectivity index is 2.32. The van der Waals surface area contributed by atoms with Crippen LogP contribution in [0.5, 0.6) is 0 Å². The predicted molar refractivity (Wildman–Crippen MR) is 67.9 cm³/mol. The first-order valence-corrected chi connectivity index (χ1v) is 5.66. The highest BCUT2D eigenvalue weighted by Crippen LogP contribution is 2.18. The summed E-state index contributed by atoms with van der Waals surface area (Å²) in [5.74, 6) is 0.652. The normalized spacial score (nSPS) is 10.5. The van der Waals surface area contributed by atoms with E-state index in [1.807, 2.05) is 31.2 Å². The second-order valence-corrected chi connectivity index (χ2v) is 4.17. The quantitative estimate of drug-likeness (QED) is 0.782. The number of methoxy groups -OCH3 is 1. The smallest absolute Gasteiger partial charge is 0.161 e. The number of hydrogen-bond donors (Lipinski definition) is 0. The summed E-state index contributed by atoms with van der Waals surface area (Å²) in [5.41, 5.74) is 2.94. The van der Waals surface area contributed by atoms with Crippen LogP contribution in [0.2, 0.25) is 5.15 Å². The van der Waals surface area contributed by atoms with Gasteiger partial charge in [0.25, 0.3) is 0 Å². The molecule has 0 radical (unpaired) electrons. The van der Waals surface area contributed by atoms with E-state index in [2.05, 4.69) is 9.97 Å². The Morgan fingerprint density at radius 1 is 1.18 bits per heavy atom. The summed E-state index contributed by atoms with van der Waals surface area (Å²) >= 11 is 5.91. The molecule has 0 aliphatic rings. The Kier molecular flexibility index (Phi) is 3.71. The number of aromatic nitrogens is 2. The Labute approximate surface area is 105 Å². The molecule has 88 valence electrons. The van der Waals surface area contributed by atoms with Gasteiger partial charge in [-0.05, 0) is 18.6 Å². The molecule has 2 aromatic rings. The molecule has 4 heteroatoms. The molecular weight excluding hydrogens is 236 g/mol. The molecule has 0 saturated heterocycles. The fourth-order valence-electron chi connectivity index (χ4n) is 1.58. The third-order valence-electron chi connectivity index (χ3n) is 2.35. The number of nitrogens with zero attached hydrogens (tertiary/aromatic N) is 2. The van der Waals surface area contributed by atoms with E-state index in [1.54, 1.807) is 13.2 Å². The fourth-order valence-corrected chi connectivity index (χ4v) is 1.81. The Hall–Kier alpha value is -1.45. The van der Waals surface area contributed by atoms with E-state index in [-0.39, 0.29) is 0 Å². The van der Waals surface area contributed by atoms with Crippen LogP contribution in [0, 0.1) is 6.92 Å². The minimum atomic E-state index is 0.466. The van der Waals surface area contributed by atoms with E-state index in [9.17, 15) is 0 Å². The summed E-state index contributed by atoms with van der Waals surface area (Å²) in [6.07, 6.45) is 0. The highest BCUT2D eigenvalue weighted by atomic mass is 35.5. The maximum Gasteiger partial charge on any atom is 0.161 e. The van der Waals surface area contributed by atoms with Crippen molar-refractivity contribution in [3.05, 3.63) is 46.7 Å². The molecule has 0 spiro atoms. The summed E-state index contributed by atoms with van der Waals surface area (Å²) in [6, 6.07) is 9.68. The van der Waals surface area contributed by atoms with Crippen LogP contribution in [0.4, 0.5) is 0 Å². The lowest BCUT2D eigenvalue weighted by Gasteiger charge is -2.04. The monoisotopic (exact) mass is 248 g/mol. The highest BCUT2D eigenvalue weighted by molar-refractivity contribution is 6.29. The second kappa shape index (κ2) is 5.25. The van der Waals surface area contributed by atoms with E-state index >= 15 is 0 Å². The van der Waals surface area contributed by atoms with Crippen LogP contribution in [0.25, 0.3) is 11.4 Å². The Morgan fingerprint density at radius 3 is 2.47 bits per heavy atom. The van der Waals surface area contributed by atoms with Gasteiger partial charge in [0.2, 0.25) is 0 Å². The van der Waals surface area contributed by atoms with E-state index in [0.717, 1.165) is 16.8 Å². The van der Waals surface area contributed by atoms with Crippen molar-refractivity contribution in [3.8, 4) is 11.4 Å². The van der Waals surface area contributed by atoms with Gasteiger partial charge in [0.15, 0.2) is 5.82 Å². The number of halogens is 1. The molecule has 0 fully saturated rings. The number of rotatable bonds is 3. The third kappa shape index (κ3) is 3.02. The van der Waals surface area contributed by atoms with Crippen molar-refractivity contribution in [1.29, 1.82) is 0 Å². The van der Waals surface area contributed by atoms with Crippen molar-refractivity contribution >= 4 is 11.6 Å². The zero-order valence-electron chi connectivity index (χ0n) is 9.77. The highest BCUT2D eigenvalue weighted by Gasteiger charge is 2.03. The van der Waals surface area contributed by atoms with Gasteiger partial charge in [0.05, 0.1) is 6.61 Å². The number of benzene rings is 1. The van der Waals surface area contributed by atoms with Crippen LogP contribution in [-0.4, -0.2) is 17.1 Å². The van der Waals surface area contributed by atoms with Gasteiger partial charge in [0.1, 0.15) is 5.15 Å². The molecule has 0 aliphatic heterocycles.